The lowest BCUT2D eigenvalue weighted by molar-refractivity contribution is -0.112. The highest BCUT2D eigenvalue weighted by Crippen LogP contribution is 2.36. The van der Waals surface area contributed by atoms with E-state index >= 15 is 0 Å². The standard InChI is InChI=1S/C23H14Br2ClFN2O2/c24-17-10-14(9-16(12-28)23(30)29-21-8-4-2-6-19(21)26)11-18(25)22(17)31-13-15-5-1-3-7-20(15)27/h1-11H,13H2,(H,29,30)/b16-9+. The molecule has 31 heavy (non-hydrogen) atoms. The molecule has 0 atom stereocenters. The fraction of sp³-hybridized carbons (Fsp3) is 0.0435. The molecule has 0 heterocycles. The number of nitriles is 1. The number of anilines is 1. The second-order valence-corrected chi connectivity index (χ2v) is 8.41. The average molecular weight is 565 g/mol. The number of amides is 1. The third-order valence-electron chi connectivity index (χ3n) is 4.15. The Balaban J connectivity index is 1.80. The van der Waals surface area contributed by atoms with Gasteiger partial charge in [0.05, 0.1) is 19.7 Å². The van der Waals surface area contributed by atoms with Crippen molar-refractivity contribution in [2.24, 2.45) is 0 Å². The molecule has 0 aliphatic heterocycles. The van der Waals surface area contributed by atoms with Gasteiger partial charge in [-0.2, -0.15) is 5.26 Å². The SMILES string of the molecule is N#C/C(=C\c1cc(Br)c(OCc2ccccc2F)c(Br)c1)C(=O)Nc1ccccc1Cl. The number of benzene rings is 3. The maximum Gasteiger partial charge on any atom is 0.266 e. The lowest BCUT2D eigenvalue weighted by Crippen LogP contribution is -2.13. The third-order valence-corrected chi connectivity index (χ3v) is 5.66. The highest BCUT2D eigenvalue weighted by molar-refractivity contribution is 9.11. The van der Waals surface area contributed by atoms with Crippen molar-refractivity contribution in [1.82, 2.24) is 0 Å². The Hall–Kier alpha value is -2.66. The molecular formula is C23H14Br2ClFN2O2. The lowest BCUT2D eigenvalue weighted by atomic mass is 10.1. The minimum atomic E-state index is -0.581. The number of halogens is 4. The largest absolute Gasteiger partial charge is 0.486 e. The number of nitrogens with zero attached hydrogens (tertiary/aromatic N) is 1. The molecule has 3 aromatic carbocycles. The van der Waals surface area contributed by atoms with Crippen LogP contribution in [0.25, 0.3) is 6.08 Å². The number of nitrogens with one attached hydrogen (secondary N) is 1. The van der Waals surface area contributed by atoms with E-state index in [2.05, 4.69) is 37.2 Å². The summed E-state index contributed by atoms with van der Waals surface area (Å²) in [5.74, 6) is -0.459. The number of carbonyl (C=O) groups excluding carboxylic acids is 1. The number of carbonyl (C=O) groups is 1. The zero-order valence-electron chi connectivity index (χ0n) is 15.8. The summed E-state index contributed by atoms with van der Waals surface area (Å²) in [4.78, 5) is 12.5. The molecule has 4 nitrogen and oxygen atoms in total. The normalized spacial score (nSPS) is 11.0. The monoisotopic (exact) mass is 562 g/mol. The summed E-state index contributed by atoms with van der Waals surface area (Å²) in [6.07, 6.45) is 1.45. The van der Waals surface area contributed by atoms with Gasteiger partial charge in [-0.1, -0.05) is 41.9 Å². The van der Waals surface area contributed by atoms with E-state index in [9.17, 15) is 14.4 Å². The number of para-hydroxylation sites is 1. The van der Waals surface area contributed by atoms with Crippen LogP contribution in [0.2, 0.25) is 5.02 Å². The van der Waals surface area contributed by atoms with Gasteiger partial charge in [0.15, 0.2) is 0 Å². The molecule has 1 amide bonds. The van der Waals surface area contributed by atoms with Gasteiger partial charge in [0, 0.05) is 5.56 Å². The van der Waals surface area contributed by atoms with Gasteiger partial charge in [-0.3, -0.25) is 4.79 Å². The molecule has 0 saturated carbocycles. The van der Waals surface area contributed by atoms with Gasteiger partial charge in [0.25, 0.3) is 5.91 Å². The number of hydrogen-bond acceptors (Lipinski definition) is 3. The van der Waals surface area contributed by atoms with Crippen LogP contribution < -0.4 is 10.1 Å². The Morgan fingerprint density at radius 3 is 2.42 bits per heavy atom. The van der Waals surface area contributed by atoms with E-state index in [1.807, 2.05) is 6.07 Å². The van der Waals surface area contributed by atoms with Crippen molar-refractivity contribution in [2.45, 2.75) is 6.61 Å². The minimum absolute atomic E-state index is 0.0444. The van der Waals surface area contributed by atoms with Crippen molar-refractivity contribution in [1.29, 1.82) is 5.26 Å². The summed E-state index contributed by atoms with van der Waals surface area (Å²) in [5.41, 5.74) is 1.32. The molecule has 0 spiro atoms. The molecule has 0 fully saturated rings. The number of rotatable bonds is 6. The molecule has 1 N–H and O–H groups in total. The maximum atomic E-state index is 13.8. The van der Waals surface area contributed by atoms with E-state index in [0.717, 1.165) is 0 Å². The Kier molecular flexibility index (Phi) is 7.85. The Morgan fingerprint density at radius 1 is 1.13 bits per heavy atom. The van der Waals surface area contributed by atoms with Gasteiger partial charge in [-0.15, -0.1) is 0 Å². The van der Waals surface area contributed by atoms with Gasteiger partial charge < -0.3 is 10.1 Å². The van der Waals surface area contributed by atoms with Crippen molar-refractivity contribution in [2.75, 3.05) is 5.32 Å². The molecule has 8 heteroatoms. The van der Waals surface area contributed by atoms with Crippen LogP contribution in [0, 0.1) is 17.1 Å². The lowest BCUT2D eigenvalue weighted by Gasteiger charge is -2.12. The van der Waals surface area contributed by atoms with Crippen LogP contribution in [0.4, 0.5) is 10.1 Å². The second kappa shape index (κ2) is 10.6. The van der Waals surface area contributed by atoms with E-state index < -0.39 is 5.91 Å². The predicted octanol–water partition coefficient (Wildman–Crippen LogP) is 7.13. The topological polar surface area (TPSA) is 62.1 Å². The first-order valence-corrected chi connectivity index (χ1v) is 10.9. The average Bonchev–Trinajstić information content (AvgIpc) is 2.74. The first-order chi connectivity index (χ1) is 14.9. The highest BCUT2D eigenvalue weighted by Gasteiger charge is 2.14. The van der Waals surface area contributed by atoms with E-state index in [1.165, 1.54) is 12.1 Å². The zero-order valence-corrected chi connectivity index (χ0v) is 19.8. The van der Waals surface area contributed by atoms with Crippen LogP contribution in [0.5, 0.6) is 5.75 Å². The first kappa shape index (κ1) is 23.0. The van der Waals surface area contributed by atoms with Gasteiger partial charge in [0.2, 0.25) is 0 Å². The van der Waals surface area contributed by atoms with Crippen LogP contribution in [0.15, 0.2) is 75.2 Å². The molecule has 0 radical (unpaired) electrons. The van der Waals surface area contributed by atoms with Crippen molar-refractivity contribution in [3.63, 3.8) is 0 Å². The molecule has 0 aromatic heterocycles. The second-order valence-electron chi connectivity index (χ2n) is 6.30. The van der Waals surface area contributed by atoms with Crippen molar-refractivity contribution in [3.05, 3.63) is 97.1 Å². The highest BCUT2D eigenvalue weighted by atomic mass is 79.9. The molecule has 0 aliphatic carbocycles. The summed E-state index contributed by atoms with van der Waals surface area (Å²) < 4.78 is 20.7. The van der Waals surface area contributed by atoms with Crippen LogP contribution in [-0.4, -0.2) is 5.91 Å². The van der Waals surface area contributed by atoms with Crippen LogP contribution in [0.3, 0.4) is 0 Å². The molecule has 0 saturated heterocycles. The molecule has 0 unspecified atom stereocenters. The zero-order chi connectivity index (χ0) is 22.4. The molecular weight excluding hydrogens is 551 g/mol. The number of ether oxygens (including phenoxy) is 1. The van der Waals surface area contributed by atoms with E-state index in [-0.39, 0.29) is 18.0 Å². The Bertz CT molecular complexity index is 1190. The van der Waals surface area contributed by atoms with Crippen molar-refractivity contribution in [3.8, 4) is 11.8 Å². The molecule has 0 aliphatic rings. The minimum Gasteiger partial charge on any atom is -0.486 e. The smallest absolute Gasteiger partial charge is 0.266 e. The fourth-order valence-electron chi connectivity index (χ4n) is 2.63. The van der Waals surface area contributed by atoms with Crippen LogP contribution in [-0.2, 0) is 11.4 Å². The molecule has 3 aromatic rings. The van der Waals surface area contributed by atoms with Crippen LogP contribution >= 0.6 is 43.5 Å². The Labute approximate surface area is 200 Å². The molecule has 156 valence electrons. The quantitative estimate of drug-likeness (QED) is 0.256. The number of hydrogen-bond donors (Lipinski definition) is 1. The van der Waals surface area contributed by atoms with Gasteiger partial charge in [-0.05, 0) is 73.8 Å². The Morgan fingerprint density at radius 2 is 1.77 bits per heavy atom. The third kappa shape index (κ3) is 5.95. The van der Waals surface area contributed by atoms with E-state index in [4.69, 9.17) is 16.3 Å². The van der Waals surface area contributed by atoms with Crippen molar-refractivity contribution >= 4 is 61.1 Å². The summed E-state index contributed by atoms with van der Waals surface area (Å²) >= 11 is 12.9. The van der Waals surface area contributed by atoms with E-state index in [1.54, 1.807) is 54.6 Å². The van der Waals surface area contributed by atoms with Gasteiger partial charge in [-0.25, -0.2) is 4.39 Å². The fourth-order valence-corrected chi connectivity index (χ4v) is 4.27. The summed E-state index contributed by atoms with van der Waals surface area (Å²) in [7, 11) is 0. The molecule has 0 bridgehead atoms. The summed E-state index contributed by atoms with van der Waals surface area (Å²) in [6, 6.07) is 18.4. The summed E-state index contributed by atoms with van der Waals surface area (Å²) in [5, 5.41) is 12.4. The van der Waals surface area contributed by atoms with Crippen LogP contribution in [0.1, 0.15) is 11.1 Å². The summed E-state index contributed by atoms with van der Waals surface area (Å²) in [6.45, 7) is 0.0444. The van der Waals surface area contributed by atoms with E-state index in [0.29, 0.717) is 36.5 Å². The van der Waals surface area contributed by atoms with Crippen molar-refractivity contribution < 1.29 is 13.9 Å². The van der Waals surface area contributed by atoms with Gasteiger partial charge >= 0.3 is 0 Å². The molecule has 3 rings (SSSR count). The van der Waals surface area contributed by atoms with Gasteiger partial charge in [0.1, 0.15) is 29.8 Å². The first-order valence-electron chi connectivity index (χ1n) is 8.92. The predicted molar refractivity (Wildman–Crippen MR) is 126 cm³/mol. The maximum absolute atomic E-state index is 13.8.